The molecule has 0 aliphatic carbocycles. The summed E-state index contributed by atoms with van der Waals surface area (Å²) >= 11 is 0. The Balaban J connectivity index is 1.85. The van der Waals surface area contributed by atoms with Crippen molar-refractivity contribution >= 4 is 0 Å². The molecule has 2 fully saturated rings. The van der Waals surface area contributed by atoms with E-state index in [0.717, 1.165) is 19.6 Å². The van der Waals surface area contributed by atoms with Gasteiger partial charge in [-0.05, 0) is 12.8 Å². The molecule has 0 bridgehead atoms. The summed E-state index contributed by atoms with van der Waals surface area (Å²) in [6.07, 6.45) is 4.12. The molecule has 2 rings (SSSR count). The van der Waals surface area contributed by atoms with Crippen molar-refractivity contribution in [2.24, 2.45) is 0 Å². The van der Waals surface area contributed by atoms with Crippen LogP contribution in [0.1, 0.15) is 26.2 Å². The maximum atomic E-state index is 5.98. The molecule has 0 amide bonds. The third-order valence-electron chi connectivity index (χ3n) is 2.74. The highest BCUT2D eigenvalue weighted by Gasteiger charge is 2.41. The monoisotopic (exact) mass is 170 g/mol. The van der Waals surface area contributed by atoms with Crippen LogP contribution in [0.3, 0.4) is 0 Å². The van der Waals surface area contributed by atoms with Crippen LogP contribution < -0.4 is 10.6 Å². The summed E-state index contributed by atoms with van der Waals surface area (Å²) in [6.45, 7) is 5.30. The van der Waals surface area contributed by atoms with Gasteiger partial charge in [0.15, 0.2) is 0 Å². The molecule has 12 heavy (non-hydrogen) atoms. The SMILES string of the molecule is CCCC1CCNC2(CNC2)O1. The normalized spacial score (nSPS) is 33.2. The fourth-order valence-electron chi connectivity index (χ4n) is 1.97. The van der Waals surface area contributed by atoms with Crippen LogP contribution in [0.4, 0.5) is 0 Å². The first-order valence-electron chi connectivity index (χ1n) is 4.98. The van der Waals surface area contributed by atoms with Crippen LogP contribution in [0, 0.1) is 0 Å². The molecule has 2 aliphatic rings. The maximum Gasteiger partial charge on any atom is 0.144 e. The highest BCUT2D eigenvalue weighted by Crippen LogP contribution is 2.23. The minimum Gasteiger partial charge on any atom is -0.355 e. The Labute approximate surface area is 73.9 Å². The largest absolute Gasteiger partial charge is 0.355 e. The molecule has 0 aromatic heterocycles. The summed E-state index contributed by atoms with van der Waals surface area (Å²) in [4.78, 5) is 0. The van der Waals surface area contributed by atoms with Crippen molar-refractivity contribution in [3.8, 4) is 0 Å². The van der Waals surface area contributed by atoms with Crippen molar-refractivity contribution in [1.29, 1.82) is 0 Å². The van der Waals surface area contributed by atoms with E-state index in [-0.39, 0.29) is 5.72 Å². The van der Waals surface area contributed by atoms with Crippen molar-refractivity contribution < 1.29 is 4.74 Å². The van der Waals surface area contributed by atoms with Gasteiger partial charge in [-0.2, -0.15) is 0 Å². The fraction of sp³-hybridized carbons (Fsp3) is 1.00. The molecule has 0 saturated carbocycles. The standard InChI is InChI=1S/C9H18N2O/c1-2-3-8-4-5-11-9(12-8)6-10-7-9/h8,10-11H,2-7H2,1H3. The predicted octanol–water partition coefficient (Wildman–Crippen LogP) is 0.465. The van der Waals surface area contributed by atoms with Crippen LogP contribution in [0.2, 0.25) is 0 Å². The van der Waals surface area contributed by atoms with E-state index in [1.54, 1.807) is 0 Å². The molecule has 2 aliphatic heterocycles. The zero-order chi connectivity index (χ0) is 8.44. The highest BCUT2D eigenvalue weighted by molar-refractivity contribution is 4.95. The molecule has 1 atom stereocenters. The molecule has 0 aromatic rings. The van der Waals surface area contributed by atoms with Gasteiger partial charge in [0, 0.05) is 19.6 Å². The summed E-state index contributed by atoms with van der Waals surface area (Å²) < 4.78 is 5.98. The van der Waals surface area contributed by atoms with Crippen LogP contribution in [0.5, 0.6) is 0 Å². The maximum absolute atomic E-state index is 5.98. The van der Waals surface area contributed by atoms with E-state index < -0.39 is 0 Å². The second-order valence-corrected chi connectivity index (χ2v) is 3.84. The summed E-state index contributed by atoms with van der Waals surface area (Å²) in [7, 11) is 0. The smallest absolute Gasteiger partial charge is 0.144 e. The van der Waals surface area contributed by atoms with E-state index in [2.05, 4.69) is 17.6 Å². The third-order valence-corrected chi connectivity index (χ3v) is 2.74. The van der Waals surface area contributed by atoms with Gasteiger partial charge in [0.05, 0.1) is 6.10 Å². The minimum atomic E-state index is 0.0120. The van der Waals surface area contributed by atoms with E-state index in [1.807, 2.05) is 0 Å². The lowest BCUT2D eigenvalue weighted by atomic mass is 10.0. The van der Waals surface area contributed by atoms with Crippen LogP contribution in [-0.2, 0) is 4.74 Å². The molecular weight excluding hydrogens is 152 g/mol. The average molecular weight is 170 g/mol. The topological polar surface area (TPSA) is 33.3 Å². The lowest BCUT2D eigenvalue weighted by Crippen LogP contribution is -2.72. The van der Waals surface area contributed by atoms with Gasteiger partial charge in [0.1, 0.15) is 5.72 Å². The fourth-order valence-corrected chi connectivity index (χ4v) is 1.97. The van der Waals surface area contributed by atoms with E-state index in [0.29, 0.717) is 6.10 Å². The first-order valence-corrected chi connectivity index (χ1v) is 4.98. The number of hydrogen-bond donors (Lipinski definition) is 2. The molecule has 0 radical (unpaired) electrons. The summed E-state index contributed by atoms with van der Waals surface area (Å²) in [5.41, 5.74) is 0.0120. The zero-order valence-electron chi connectivity index (χ0n) is 7.73. The molecule has 3 heteroatoms. The molecule has 1 spiro atoms. The predicted molar refractivity (Wildman–Crippen MR) is 48.0 cm³/mol. The Morgan fingerprint density at radius 3 is 2.92 bits per heavy atom. The van der Waals surface area contributed by atoms with Gasteiger partial charge in [-0.15, -0.1) is 0 Å². The number of hydrogen-bond acceptors (Lipinski definition) is 3. The Kier molecular flexibility index (Phi) is 2.35. The first-order chi connectivity index (χ1) is 5.85. The molecule has 2 heterocycles. The molecule has 70 valence electrons. The van der Waals surface area contributed by atoms with Crippen molar-refractivity contribution in [2.45, 2.75) is 38.0 Å². The van der Waals surface area contributed by atoms with Crippen molar-refractivity contribution in [1.82, 2.24) is 10.6 Å². The Hall–Kier alpha value is -0.120. The van der Waals surface area contributed by atoms with Gasteiger partial charge in [0.25, 0.3) is 0 Å². The number of nitrogens with one attached hydrogen (secondary N) is 2. The van der Waals surface area contributed by atoms with Crippen LogP contribution in [0.15, 0.2) is 0 Å². The minimum absolute atomic E-state index is 0.0120. The van der Waals surface area contributed by atoms with Gasteiger partial charge in [-0.3, -0.25) is 5.32 Å². The van der Waals surface area contributed by atoms with Crippen molar-refractivity contribution in [3.63, 3.8) is 0 Å². The highest BCUT2D eigenvalue weighted by atomic mass is 16.5. The Bertz CT molecular complexity index is 155. The van der Waals surface area contributed by atoms with E-state index in [1.165, 1.54) is 19.3 Å². The molecule has 0 aromatic carbocycles. The quantitative estimate of drug-likeness (QED) is 0.632. The van der Waals surface area contributed by atoms with Crippen LogP contribution >= 0.6 is 0 Å². The second-order valence-electron chi connectivity index (χ2n) is 3.84. The van der Waals surface area contributed by atoms with Crippen LogP contribution in [-0.4, -0.2) is 31.5 Å². The van der Waals surface area contributed by atoms with E-state index in [9.17, 15) is 0 Å². The summed E-state index contributed by atoms with van der Waals surface area (Å²) in [5.74, 6) is 0. The summed E-state index contributed by atoms with van der Waals surface area (Å²) in [5, 5.41) is 6.68. The lowest BCUT2D eigenvalue weighted by Gasteiger charge is -2.48. The molecular formula is C9H18N2O. The summed E-state index contributed by atoms with van der Waals surface area (Å²) in [6, 6.07) is 0. The molecule has 1 unspecified atom stereocenters. The van der Waals surface area contributed by atoms with Gasteiger partial charge in [-0.1, -0.05) is 13.3 Å². The van der Waals surface area contributed by atoms with E-state index >= 15 is 0 Å². The van der Waals surface area contributed by atoms with Gasteiger partial charge in [-0.25, -0.2) is 0 Å². The molecule has 2 N–H and O–H groups in total. The third kappa shape index (κ3) is 1.49. The Morgan fingerprint density at radius 1 is 1.50 bits per heavy atom. The Morgan fingerprint density at radius 2 is 2.33 bits per heavy atom. The first kappa shape index (κ1) is 8.48. The van der Waals surface area contributed by atoms with Crippen LogP contribution in [0.25, 0.3) is 0 Å². The van der Waals surface area contributed by atoms with Crippen molar-refractivity contribution in [2.75, 3.05) is 19.6 Å². The van der Waals surface area contributed by atoms with Gasteiger partial charge < -0.3 is 10.1 Å². The molecule has 2 saturated heterocycles. The average Bonchev–Trinajstić information content (AvgIpc) is 2.03. The zero-order valence-corrected chi connectivity index (χ0v) is 7.73. The van der Waals surface area contributed by atoms with Gasteiger partial charge in [0.2, 0.25) is 0 Å². The number of ether oxygens (including phenoxy) is 1. The van der Waals surface area contributed by atoms with Crippen molar-refractivity contribution in [3.05, 3.63) is 0 Å². The number of rotatable bonds is 2. The second kappa shape index (κ2) is 3.32. The lowest BCUT2D eigenvalue weighted by molar-refractivity contribution is -0.169. The molecule has 3 nitrogen and oxygen atoms in total. The van der Waals surface area contributed by atoms with E-state index in [4.69, 9.17) is 4.74 Å². The van der Waals surface area contributed by atoms with Gasteiger partial charge >= 0.3 is 0 Å².